The van der Waals surface area contributed by atoms with Crippen molar-refractivity contribution in [3.63, 3.8) is 0 Å². The lowest BCUT2D eigenvalue weighted by Gasteiger charge is -2.23. The van der Waals surface area contributed by atoms with E-state index in [1.54, 1.807) is 6.92 Å². The molecule has 1 aliphatic rings. The minimum atomic E-state index is -3.43. The van der Waals surface area contributed by atoms with Crippen molar-refractivity contribution < 1.29 is 13.2 Å². The third-order valence-corrected chi connectivity index (χ3v) is 6.71. The van der Waals surface area contributed by atoms with Crippen LogP contribution in [0.25, 0.3) is 0 Å². The predicted molar refractivity (Wildman–Crippen MR) is 93.0 cm³/mol. The normalized spacial score (nSPS) is 17.8. The highest BCUT2D eigenvalue weighted by molar-refractivity contribution is 7.92. The summed E-state index contributed by atoms with van der Waals surface area (Å²) in [6, 6.07) is 11.8. The van der Waals surface area contributed by atoms with Gasteiger partial charge in [0, 0.05) is 0 Å². The zero-order valence-electron chi connectivity index (χ0n) is 14.0. The lowest BCUT2D eigenvalue weighted by molar-refractivity contribution is -0.119. The highest BCUT2D eigenvalue weighted by Gasteiger charge is 2.33. The smallest absolute Gasteiger partial charge is 0.236 e. The number of sulfone groups is 1. The van der Waals surface area contributed by atoms with Crippen molar-refractivity contribution in [2.24, 2.45) is 0 Å². The van der Waals surface area contributed by atoms with E-state index >= 15 is 0 Å². The number of hydrogen-bond donors (Lipinski definition) is 1. The second-order valence-corrected chi connectivity index (χ2v) is 8.97. The second kappa shape index (κ2) is 7.80. The lowest BCUT2D eigenvalue weighted by Crippen LogP contribution is -2.48. The summed E-state index contributed by atoms with van der Waals surface area (Å²) in [7, 11) is -3.43. The summed E-state index contributed by atoms with van der Waals surface area (Å²) in [4.78, 5) is 12.2. The van der Waals surface area contributed by atoms with Crippen molar-refractivity contribution in [2.45, 2.75) is 56.2 Å². The zero-order chi connectivity index (χ0) is 17.6. The molecule has 0 bridgehead atoms. The summed E-state index contributed by atoms with van der Waals surface area (Å²) in [5.41, 5.74) is 0.00443. The van der Waals surface area contributed by atoms with Gasteiger partial charge in [0.2, 0.25) is 5.91 Å². The van der Waals surface area contributed by atoms with Crippen molar-refractivity contribution in [2.75, 3.05) is 5.75 Å². The van der Waals surface area contributed by atoms with E-state index in [0.717, 1.165) is 18.4 Å². The highest BCUT2D eigenvalue weighted by Crippen LogP contribution is 2.25. The van der Waals surface area contributed by atoms with E-state index in [4.69, 9.17) is 0 Å². The minimum absolute atomic E-state index is 0.402. The van der Waals surface area contributed by atoms with Gasteiger partial charge in [0.25, 0.3) is 0 Å². The van der Waals surface area contributed by atoms with Crippen LogP contribution in [-0.2, 0) is 21.1 Å². The van der Waals surface area contributed by atoms with Crippen molar-refractivity contribution in [3.05, 3.63) is 35.9 Å². The van der Waals surface area contributed by atoms with Crippen LogP contribution in [0, 0.1) is 11.3 Å². The Labute approximate surface area is 144 Å². The molecule has 2 rings (SSSR count). The van der Waals surface area contributed by atoms with E-state index in [1.807, 2.05) is 30.3 Å². The standard InChI is InChI=1S/C18H24N2O3S/c1-18(14-19,12-11-15-7-3-2-4-8-15)20-17(21)13-24(22,23)16-9-5-6-10-16/h2-4,7-8,16H,5-6,9-13H2,1H3,(H,20,21)/t18-/m0/s1. The number of amides is 1. The molecule has 0 heterocycles. The average Bonchev–Trinajstić information content (AvgIpc) is 3.09. The maximum atomic E-state index is 12.3. The predicted octanol–water partition coefficient (Wildman–Crippen LogP) is 2.38. The Kier molecular flexibility index (Phi) is 6.00. The topological polar surface area (TPSA) is 87.0 Å². The molecule has 5 nitrogen and oxygen atoms in total. The minimum Gasteiger partial charge on any atom is -0.337 e. The summed E-state index contributed by atoms with van der Waals surface area (Å²) in [5, 5.41) is 11.6. The van der Waals surface area contributed by atoms with Crippen LogP contribution in [-0.4, -0.2) is 30.9 Å². The van der Waals surface area contributed by atoms with Gasteiger partial charge in [-0.25, -0.2) is 8.42 Å². The number of carbonyl (C=O) groups is 1. The van der Waals surface area contributed by atoms with Gasteiger partial charge in [-0.2, -0.15) is 5.26 Å². The summed E-state index contributed by atoms with van der Waals surface area (Å²) in [6.45, 7) is 1.63. The SMILES string of the molecule is C[C@@](C#N)(CCc1ccccc1)NC(=O)CS(=O)(=O)C1CCCC1. The molecule has 1 aromatic carbocycles. The number of benzene rings is 1. The first-order valence-electron chi connectivity index (χ1n) is 8.32. The third kappa shape index (κ3) is 5.07. The number of nitrogens with zero attached hydrogens (tertiary/aromatic N) is 1. The molecular weight excluding hydrogens is 324 g/mol. The van der Waals surface area contributed by atoms with Crippen LogP contribution in [0.5, 0.6) is 0 Å². The molecule has 1 fully saturated rings. The van der Waals surface area contributed by atoms with Crippen molar-refractivity contribution in [1.82, 2.24) is 5.32 Å². The summed E-state index contributed by atoms with van der Waals surface area (Å²) in [6.07, 6.45) is 4.15. The molecule has 0 spiro atoms. The van der Waals surface area contributed by atoms with Crippen LogP contribution >= 0.6 is 0 Å². The van der Waals surface area contributed by atoms with Crippen LogP contribution in [0.4, 0.5) is 0 Å². The van der Waals surface area contributed by atoms with Crippen molar-refractivity contribution >= 4 is 15.7 Å². The first-order chi connectivity index (χ1) is 11.3. The van der Waals surface area contributed by atoms with Gasteiger partial charge in [-0.15, -0.1) is 0 Å². The van der Waals surface area contributed by atoms with Crippen LogP contribution in [0.1, 0.15) is 44.6 Å². The maximum Gasteiger partial charge on any atom is 0.236 e. The van der Waals surface area contributed by atoms with Crippen LogP contribution in [0.2, 0.25) is 0 Å². The van der Waals surface area contributed by atoms with Crippen molar-refractivity contribution in [1.29, 1.82) is 5.26 Å². The van der Waals surface area contributed by atoms with E-state index in [9.17, 15) is 18.5 Å². The Bertz CT molecular complexity index is 704. The maximum absolute atomic E-state index is 12.3. The fourth-order valence-corrected chi connectivity index (χ4v) is 4.80. The Morgan fingerprint density at radius 1 is 1.29 bits per heavy atom. The first-order valence-corrected chi connectivity index (χ1v) is 10.0. The van der Waals surface area contributed by atoms with E-state index in [-0.39, 0.29) is 0 Å². The molecule has 1 N–H and O–H groups in total. The van der Waals surface area contributed by atoms with Crippen LogP contribution in [0.15, 0.2) is 30.3 Å². The molecule has 0 aliphatic heterocycles. The fraction of sp³-hybridized carbons (Fsp3) is 0.556. The molecule has 0 aromatic heterocycles. The van der Waals surface area contributed by atoms with Gasteiger partial charge in [0.1, 0.15) is 11.3 Å². The van der Waals surface area contributed by atoms with Crippen molar-refractivity contribution in [3.8, 4) is 6.07 Å². The van der Waals surface area contributed by atoms with Gasteiger partial charge in [0.15, 0.2) is 9.84 Å². The zero-order valence-corrected chi connectivity index (χ0v) is 14.8. The molecule has 0 unspecified atom stereocenters. The van der Waals surface area contributed by atoms with Gasteiger partial charge in [0.05, 0.1) is 11.3 Å². The number of hydrogen-bond acceptors (Lipinski definition) is 4. The van der Waals surface area contributed by atoms with Gasteiger partial charge < -0.3 is 5.32 Å². The summed E-state index contributed by atoms with van der Waals surface area (Å²) < 4.78 is 24.5. The summed E-state index contributed by atoms with van der Waals surface area (Å²) in [5.74, 6) is -1.11. The van der Waals surface area contributed by atoms with E-state index < -0.39 is 32.3 Å². The van der Waals surface area contributed by atoms with Crippen LogP contribution in [0.3, 0.4) is 0 Å². The largest absolute Gasteiger partial charge is 0.337 e. The number of aryl methyl sites for hydroxylation is 1. The molecule has 24 heavy (non-hydrogen) atoms. The first kappa shape index (κ1) is 18.5. The number of carbonyl (C=O) groups excluding carboxylic acids is 1. The van der Waals surface area contributed by atoms with E-state index in [1.165, 1.54) is 0 Å². The molecule has 1 amide bonds. The molecule has 6 heteroatoms. The fourth-order valence-electron chi connectivity index (χ4n) is 3.08. The number of nitrogens with one attached hydrogen (secondary N) is 1. The van der Waals surface area contributed by atoms with Crippen LogP contribution < -0.4 is 5.32 Å². The van der Waals surface area contributed by atoms with Gasteiger partial charge in [-0.1, -0.05) is 43.2 Å². The summed E-state index contributed by atoms with van der Waals surface area (Å²) >= 11 is 0. The van der Waals surface area contributed by atoms with E-state index in [2.05, 4.69) is 11.4 Å². The van der Waals surface area contributed by atoms with Gasteiger partial charge in [-0.3, -0.25) is 4.79 Å². The highest BCUT2D eigenvalue weighted by atomic mass is 32.2. The Morgan fingerprint density at radius 2 is 1.92 bits per heavy atom. The van der Waals surface area contributed by atoms with E-state index in [0.29, 0.717) is 25.7 Å². The molecule has 130 valence electrons. The molecule has 1 saturated carbocycles. The molecule has 1 aromatic rings. The molecular formula is C18H24N2O3S. The van der Waals surface area contributed by atoms with Gasteiger partial charge in [-0.05, 0) is 38.2 Å². The lowest BCUT2D eigenvalue weighted by atomic mass is 9.94. The molecule has 1 atom stereocenters. The Hall–Kier alpha value is -1.87. The average molecular weight is 348 g/mol. The Balaban J connectivity index is 1.93. The second-order valence-electron chi connectivity index (χ2n) is 6.69. The quantitative estimate of drug-likeness (QED) is 0.819. The number of nitriles is 1. The molecule has 0 saturated heterocycles. The molecule has 0 radical (unpaired) electrons. The van der Waals surface area contributed by atoms with Gasteiger partial charge >= 0.3 is 0 Å². The number of rotatable bonds is 7. The monoisotopic (exact) mass is 348 g/mol. The Morgan fingerprint density at radius 3 is 2.50 bits per heavy atom. The third-order valence-electron chi connectivity index (χ3n) is 4.56. The molecule has 1 aliphatic carbocycles.